The summed E-state index contributed by atoms with van der Waals surface area (Å²) in [6, 6.07) is 9.84. The van der Waals surface area contributed by atoms with Crippen LogP contribution in [0.3, 0.4) is 0 Å². The minimum Gasteiger partial charge on any atom is -0.456 e. The Morgan fingerprint density at radius 2 is 1.63 bits per heavy atom. The molecule has 1 heterocycles. The summed E-state index contributed by atoms with van der Waals surface area (Å²) in [7, 11) is 0. The summed E-state index contributed by atoms with van der Waals surface area (Å²) in [5.74, 6) is -1.68. The van der Waals surface area contributed by atoms with Crippen LogP contribution in [0, 0.1) is 45.6 Å². The van der Waals surface area contributed by atoms with Gasteiger partial charge < -0.3 is 9.47 Å². The lowest BCUT2D eigenvalue weighted by atomic mass is 9.63. The zero-order chi connectivity index (χ0) is 26.7. The molecule has 1 saturated heterocycles. The number of hydrogen-bond donors (Lipinski definition) is 0. The van der Waals surface area contributed by atoms with E-state index in [0.29, 0.717) is 11.8 Å². The van der Waals surface area contributed by atoms with Crippen molar-refractivity contribution in [3.05, 3.63) is 75.3 Å². The molecule has 1 aliphatic heterocycles. The maximum absolute atomic E-state index is 13.0. The Morgan fingerprint density at radius 3 is 2.24 bits per heavy atom. The van der Waals surface area contributed by atoms with Gasteiger partial charge in [-0.05, 0) is 60.4 Å². The van der Waals surface area contributed by atoms with E-state index in [9.17, 15) is 29.3 Å². The van der Waals surface area contributed by atoms with E-state index in [1.807, 2.05) is 0 Å². The Bertz CT molecular complexity index is 1380. The molecule has 0 spiro atoms. The smallest absolute Gasteiger partial charge is 0.326 e. The molecule has 5 aliphatic rings. The van der Waals surface area contributed by atoms with E-state index < -0.39 is 41.7 Å². The molecule has 4 aliphatic carbocycles. The van der Waals surface area contributed by atoms with Gasteiger partial charge in [-0.1, -0.05) is 29.8 Å². The number of rotatable bonds is 8. The van der Waals surface area contributed by atoms with Crippen LogP contribution in [0.1, 0.15) is 16.8 Å². The molecule has 10 nitrogen and oxygen atoms in total. The van der Waals surface area contributed by atoms with Crippen molar-refractivity contribution in [2.75, 3.05) is 13.2 Å². The summed E-state index contributed by atoms with van der Waals surface area (Å²) in [5, 5.41) is 11.3. The summed E-state index contributed by atoms with van der Waals surface area (Å²) in [4.78, 5) is 62.5. The molecule has 194 valence electrons. The highest BCUT2D eigenvalue weighted by Gasteiger charge is 2.67. The molecule has 0 unspecified atom stereocenters. The topological polar surface area (TPSA) is 133 Å². The predicted molar refractivity (Wildman–Crippen MR) is 131 cm³/mol. The summed E-state index contributed by atoms with van der Waals surface area (Å²) >= 11 is 6.04. The first-order chi connectivity index (χ1) is 18.2. The van der Waals surface area contributed by atoms with Crippen molar-refractivity contribution in [2.24, 2.45) is 35.5 Å². The molecular formula is C27H21ClN2O8. The number of amides is 2. The summed E-state index contributed by atoms with van der Waals surface area (Å²) in [6.07, 6.45) is 5.16. The van der Waals surface area contributed by atoms with E-state index in [1.165, 1.54) is 42.5 Å². The van der Waals surface area contributed by atoms with Crippen LogP contribution in [0.2, 0.25) is 5.02 Å². The number of carbonyl (C=O) groups is 4. The van der Waals surface area contributed by atoms with Gasteiger partial charge in [-0.15, -0.1) is 0 Å². The molecule has 2 saturated carbocycles. The standard InChI is InChI=1S/C27H21ClN2O8/c28-19-2-1-3-20(30(35)36)25(19)38-14-6-4-13(5-7-14)21(31)12-37-22(32)11-29-26(33)23-15-8-9-16(18-10-17(15)18)24(23)27(29)34/h1-9,15-18,23-24H,10-12H2/t15-,16+,17-,18-,23+,24-/m1/s1. The zero-order valence-corrected chi connectivity index (χ0v) is 20.6. The van der Waals surface area contributed by atoms with Gasteiger partial charge >= 0.3 is 11.7 Å². The van der Waals surface area contributed by atoms with Crippen LogP contribution in [0.15, 0.2) is 54.6 Å². The number of likely N-dealkylation sites (tertiary alicyclic amines) is 1. The number of nitro benzene ring substituents is 1. The van der Waals surface area contributed by atoms with E-state index in [2.05, 4.69) is 12.2 Å². The van der Waals surface area contributed by atoms with Crippen molar-refractivity contribution >= 4 is 40.9 Å². The van der Waals surface area contributed by atoms with E-state index in [1.54, 1.807) is 0 Å². The lowest BCUT2D eigenvalue weighted by molar-refractivity contribution is -0.385. The summed E-state index contributed by atoms with van der Waals surface area (Å²) in [6.45, 7) is -1.09. The van der Waals surface area contributed by atoms with E-state index in [0.717, 1.165) is 11.3 Å². The van der Waals surface area contributed by atoms with Crippen molar-refractivity contribution in [3.63, 3.8) is 0 Å². The van der Waals surface area contributed by atoms with Gasteiger partial charge in [-0.25, -0.2) is 0 Å². The van der Waals surface area contributed by atoms with Gasteiger partial charge in [0.1, 0.15) is 12.3 Å². The van der Waals surface area contributed by atoms with Gasteiger partial charge in [0, 0.05) is 11.6 Å². The quantitative estimate of drug-likeness (QED) is 0.124. The second-order valence-electron chi connectivity index (χ2n) is 9.97. The van der Waals surface area contributed by atoms with Crippen molar-refractivity contribution in [3.8, 4) is 11.5 Å². The summed E-state index contributed by atoms with van der Waals surface area (Å²) < 4.78 is 10.6. The fourth-order valence-electron chi connectivity index (χ4n) is 6.15. The third-order valence-electron chi connectivity index (χ3n) is 7.94. The van der Waals surface area contributed by atoms with Crippen molar-refractivity contribution in [1.29, 1.82) is 0 Å². The first kappa shape index (κ1) is 24.3. The van der Waals surface area contributed by atoms with Crippen LogP contribution >= 0.6 is 11.6 Å². The van der Waals surface area contributed by atoms with E-state index in [4.69, 9.17) is 21.1 Å². The lowest BCUT2D eigenvalue weighted by Gasteiger charge is -2.37. The predicted octanol–water partition coefficient (Wildman–Crippen LogP) is 3.82. The highest BCUT2D eigenvalue weighted by Crippen LogP contribution is 2.65. The molecule has 6 atom stereocenters. The largest absolute Gasteiger partial charge is 0.456 e. The molecule has 0 aromatic heterocycles. The van der Waals surface area contributed by atoms with Crippen molar-refractivity contribution in [2.45, 2.75) is 6.42 Å². The Labute approximate surface area is 221 Å². The number of nitro groups is 1. The van der Waals surface area contributed by atoms with Gasteiger partial charge in [0.15, 0.2) is 12.4 Å². The minimum atomic E-state index is -0.838. The first-order valence-electron chi connectivity index (χ1n) is 12.2. The van der Waals surface area contributed by atoms with E-state index in [-0.39, 0.29) is 51.4 Å². The third-order valence-corrected chi connectivity index (χ3v) is 8.24. The van der Waals surface area contributed by atoms with Crippen LogP contribution in [0.5, 0.6) is 11.5 Å². The molecule has 2 amide bonds. The van der Waals surface area contributed by atoms with Gasteiger partial charge in [-0.2, -0.15) is 0 Å². The fourth-order valence-corrected chi connectivity index (χ4v) is 6.36. The molecule has 7 rings (SSSR count). The molecular weight excluding hydrogens is 516 g/mol. The van der Waals surface area contributed by atoms with Crippen LogP contribution < -0.4 is 4.74 Å². The zero-order valence-electron chi connectivity index (χ0n) is 19.8. The van der Waals surface area contributed by atoms with Gasteiger partial charge in [0.25, 0.3) is 0 Å². The van der Waals surface area contributed by atoms with Crippen LogP contribution in [0.4, 0.5) is 5.69 Å². The fraction of sp³-hybridized carbons (Fsp3) is 0.333. The maximum Gasteiger partial charge on any atom is 0.326 e. The molecule has 0 N–H and O–H groups in total. The van der Waals surface area contributed by atoms with Crippen molar-refractivity contribution < 1.29 is 33.6 Å². The first-order valence-corrected chi connectivity index (χ1v) is 12.6. The number of Topliss-reactive ketones (excluding diaryl/α,β-unsaturated/α-hetero) is 1. The molecule has 3 fully saturated rings. The molecule has 2 aromatic carbocycles. The number of nitrogens with zero attached hydrogens (tertiary/aromatic N) is 2. The molecule has 2 aromatic rings. The van der Waals surface area contributed by atoms with E-state index >= 15 is 0 Å². The highest BCUT2D eigenvalue weighted by molar-refractivity contribution is 6.32. The second-order valence-corrected chi connectivity index (χ2v) is 10.4. The van der Waals surface area contributed by atoms with Crippen LogP contribution in [-0.2, 0) is 19.1 Å². The van der Waals surface area contributed by atoms with Gasteiger partial charge in [-0.3, -0.25) is 34.2 Å². The van der Waals surface area contributed by atoms with Crippen molar-refractivity contribution in [1.82, 2.24) is 4.90 Å². The minimum absolute atomic E-state index is 0.0567. The van der Waals surface area contributed by atoms with Gasteiger partial charge in [0.2, 0.25) is 17.6 Å². The summed E-state index contributed by atoms with van der Waals surface area (Å²) in [5.41, 5.74) is -0.0977. The Kier molecular flexibility index (Phi) is 5.79. The van der Waals surface area contributed by atoms with Gasteiger partial charge in [0.05, 0.1) is 21.8 Å². The second kappa shape index (κ2) is 9.05. The Hall–Kier alpha value is -4.05. The number of para-hydroxylation sites is 1. The Morgan fingerprint density at radius 1 is 1.00 bits per heavy atom. The molecule has 38 heavy (non-hydrogen) atoms. The maximum atomic E-state index is 13.0. The molecule has 11 heteroatoms. The molecule has 0 radical (unpaired) electrons. The lowest BCUT2D eigenvalue weighted by Crippen LogP contribution is -2.40. The SMILES string of the molecule is O=C(CN1C(=O)[C@@H]2[C@H]3C=C[C@H]([C@H]4C[C@H]34)[C@@H]2C1=O)OCC(=O)c1ccc(Oc2c(Cl)cccc2[N+](=O)[O-])cc1. The number of halogens is 1. The number of ketones is 1. The number of ether oxygens (including phenoxy) is 2. The molecule has 2 bridgehead atoms. The highest BCUT2D eigenvalue weighted by atomic mass is 35.5. The monoisotopic (exact) mass is 536 g/mol. The number of benzene rings is 2. The number of hydrogen-bond acceptors (Lipinski definition) is 8. The van der Waals surface area contributed by atoms with Crippen LogP contribution in [0.25, 0.3) is 0 Å². The number of allylic oxidation sites excluding steroid dienone is 2. The van der Waals surface area contributed by atoms with Crippen LogP contribution in [-0.4, -0.2) is 46.5 Å². The number of esters is 1. The average Bonchev–Trinajstić information content (AvgIpc) is 3.69. The number of imide groups is 1. The Balaban J connectivity index is 1.04. The third kappa shape index (κ3) is 3.96. The average molecular weight is 537 g/mol. The number of carbonyl (C=O) groups excluding carboxylic acids is 4. The normalized spacial score (nSPS) is 28.1.